The Balaban J connectivity index is 2.20. The minimum atomic E-state index is -5.56. The molecule has 0 aliphatic carbocycles. The Labute approximate surface area is 161 Å². The Morgan fingerprint density at radius 3 is 1.14 bits per heavy atom. The molecule has 0 atom stereocenters. The van der Waals surface area contributed by atoms with E-state index in [1.807, 2.05) is 54.6 Å². The molecule has 0 aromatic heterocycles. The average Bonchev–Trinajstić information content (AvgIpc) is 2.70. The van der Waals surface area contributed by atoms with Crippen molar-refractivity contribution in [2.75, 3.05) is 6.16 Å². The van der Waals surface area contributed by atoms with Gasteiger partial charge in [0.2, 0.25) is 0 Å². The van der Waals surface area contributed by atoms with E-state index < -0.39 is 25.8 Å². The molecule has 0 heterocycles. The third-order valence-corrected chi connectivity index (χ3v) is 9.99. The Morgan fingerprint density at radius 2 is 0.857 bits per heavy atom. The molecule has 0 aliphatic rings. The van der Waals surface area contributed by atoms with Gasteiger partial charge >= 0.3 is 161 Å². The molecule has 28 heavy (non-hydrogen) atoms. The van der Waals surface area contributed by atoms with Crippen molar-refractivity contribution in [3.63, 3.8) is 0 Å². The maximum atomic E-state index is 13.9. The molecule has 0 fully saturated rings. The molecule has 148 valence electrons. The van der Waals surface area contributed by atoms with Gasteiger partial charge in [0.05, 0.1) is 0 Å². The molecule has 3 aromatic rings. The molecule has 0 saturated heterocycles. The first-order valence-corrected chi connectivity index (χ1v) is 11.1. The van der Waals surface area contributed by atoms with Crippen LogP contribution in [0.1, 0.15) is 6.42 Å². The molecule has 3 rings (SSSR count). The maximum absolute atomic E-state index is 13.9. The molecule has 0 N–H and O–H groups in total. The number of benzene rings is 3. The van der Waals surface area contributed by atoms with Gasteiger partial charge in [0.15, 0.2) is 0 Å². The van der Waals surface area contributed by atoms with Crippen molar-refractivity contribution in [2.45, 2.75) is 18.5 Å². The second-order valence-electron chi connectivity index (χ2n) is 6.71. The van der Waals surface area contributed by atoms with Crippen molar-refractivity contribution in [1.82, 2.24) is 0 Å². The summed E-state index contributed by atoms with van der Waals surface area (Å²) in [6.07, 6.45) is -7.06. The summed E-state index contributed by atoms with van der Waals surface area (Å²) < 4.78 is 66.5. The molecule has 3 aromatic carbocycles. The van der Waals surface area contributed by atoms with E-state index in [4.69, 9.17) is 0 Å². The van der Waals surface area contributed by atoms with Crippen molar-refractivity contribution in [3.8, 4) is 0 Å². The third-order valence-electron chi connectivity index (χ3n) is 5.03. The average molecular weight is 410 g/mol. The van der Waals surface area contributed by atoms with Crippen LogP contribution >= 0.6 is 7.26 Å². The summed E-state index contributed by atoms with van der Waals surface area (Å²) in [5, 5.41) is 2.43. The number of hydrogen-bond acceptors (Lipinski definition) is 0. The second kappa shape index (κ2) is 8.00. The summed E-state index contributed by atoms with van der Waals surface area (Å²) in [5.41, 5.74) is 0. The van der Waals surface area contributed by atoms with Gasteiger partial charge in [0.1, 0.15) is 0 Å². The quantitative estimate of drug-likeness (QED) is 0.382. The second-order valence-corrected chi connectivity index (χ2v) is 10.7. The summed E-state index contributed by atoms with van der Waals surface area (Å²) >= 11 is 0. The van der Waals surface area contributed by atoms with Crippen LogP contribution in [-0.2, 0) is 0 Å². The standard InChI is InChI=1S/C22H20F5P/c23-21(24,22(25,26)27)16-17-28(18-10-4-1-5-11-18,19-12-6-2-7-13-19)20-14-8-3-9-15-20/h1-15,28H,16-17H2. The third kappa shape index (κ3) is 3.95. The van der Waals surface area contributed by atoms with Crippen LogP contribution in [0.4, 0.5) is 22.0 Å². The number of hydrogen-bond donors (Lipinski definition) is 0. The molecule has 0 bridgehead atoms. The topological polar surface area (TPSA) is 0 Å². The fourth-order valence-corrected chi connectivity index (χ4v) is 8.43. The van der Waals surface area contributed by atoms with Crippen molar-refractivity contribution in [1.29, 1.82) is 0 Å². The van der Waals surface area contributed by atoms with Crippen LogP contribution < -0.4 is 15.9 Å². The van der Waals surface area contributed by atoms with Crippen LogP contribution in [0.15, 0.2) is 91.0 Å². The van der Waals surface area contributed by atoms with E-state index in [1.54, 1.807) is 36.4 Å². The predicted octanol–water partition coefficient (Wildman–Crippen LogP) is 5.30. The van der Waals surface area contributed by atoms with Gasteiger partial charge in [0.25, 0.3) is 0 Å². The fraction of sp³-hybridized carbons (Fsp3) is 0.182. The molecule has 0 saturated carbocycles. The normalized spacial score (nSPS) is 13.3. The van der Waals surface area contributed by atoms with Gasteiger partial charge < -0.3 is 0 Å². The van der Waals surface area contributed by atoms with Gasteiger partial charge in [-0.15, -0.1) is 0 Å². The monoisotopic (exact) mass is 410 g/mol. The molecule has 0 aliphatic heterocycles. The van der Waals surface area contributed by atoms with E-state index in [-0.39, 0.29) is 6.16 Å². The molecular weight excluding hydrogens is 390 g/mol. The summed E-state index contributed by atoms with van der Waals surface area (Å²) in [5.74, 6) is -4.73. The molecule has 0 unspecified atom stereocenters. The zero-order chi connectivity index (χ0) is 20.3. The van der Waals surface area contributed by atoms with Gasteiger partial charge in [-0.3, -0.25) is 0 Å². The first-order chi connectivity index (χ1) is 13.3. The van der Waals surface area contributed by atoms with Crippen LogP contribution in [0, 0.1) is 0 Å². The summed E-state index contributed by atoms with van der Waals surface area (Å²) in [7, 11) is -3.09. The van der Waals surface area contributed by atoms with Crippen molar-refractivity contribution >= 4 is 23.2 Å². The molecule has 0 radical (unpaired) electrons. The van der Waals surface area contributed by atoms with Crippen LogP contribution in [-0.4, -0.2) is 18.3 Å². The Morgan fingerprint density at radius 1 is 0.536 bits per heavy atom. The van der Waals surface area contributed by atoms with E-state index >= 15 is 0 Å². The Bertz CT molecular complexity index is 780. The van der Waals surface area contributed by atoms with E-state index in [0.717, 1.165) is 15.9 Å². The van der Waals surface area contributed by atoms with E-state index in [9.17, 15) is 22.0 Å². The predicted molar refractivity (Wildman–Crippen MR) is 107 cm³/mol. The first-order valence-electron chi connectivity index (χ1n) is 8.88. The minimum absolute atomic E-state index is 0.252. The zero-order valence-corrected chi connectivity index (χ0v) is 16.0. The van der Waals surface area contributed by atoms with Gasteiger partial charge in [-0.05, 0) is 0 Å². The molecule has 0 amide bonds. The van der Waals surface area contributed by atoms with E-state index in [1.165, 1.54) is 0 Å². The zero-order valence-electron chi connectivity index (χ0n) is 15.0. The SMILES string of the molecule is FC(F)(F)C(F)(F)CC[PH](c1ccccc1)(c1ccccc1)c1ccccc1. The summed E-state index contributed by atoms with van der Waals surface area (Å²) in [6, 6.07) is 27.2. The van der Waals surface area contributed by atoms with Crippen molar-refractivity contribution in [3.05, 3.63) is 91.0 Å². The number of rotatable bonds is 6. The fourth-order valence-electron chi connectivity index (χ4n) is 3.59. The van der Waals surface area contributed by atoms with Crippen LogP contribution in [0.25, 0.3) is 0 Å². The van der Waals surface area contributed by atoms with Crippen molar-refractivity contribution < 1.29 is 22.0 Å². The van der Waals surface area contributed by atoms with Gasteiger partial charge in [-0.25, -0.2) is 0 Å². The van der Waals surface area contributed by atoms with Crippen LogP contribution in [0.2, 0.25) is 0 Å². The Kier molecular flexibility index (Phi) is 5.85. The summed E-state index contributed by atoms with van der Waals surface area (Å²) in [4.78, 5) is 0. The van der Waals surface area contributed by atoms with Crippen molar-refractivity contribution in [2.24, 2.45) is 0 Å². The van der Waals surface area contributed by atoms with Crippen LogP contribution in [0.3, 0.4) is 0 Å². The van der Waals surface area contributed by atoms with Gasteiger partial charge in [0, 0.05) is 0 Å². The molecule has 0 spiro atoms. The Hall–Kier alpha value is -2.26. The summed E-state index contributed by atoms with van der Waals surface area (Å²) in [6.45, 7) is 0. The van der Waals surface area contributed by atoms with Crippen LogP contribution in [0.5, 0.6) is 0 Å². The molecule has 6 heteroatoms. The van der Waals surface area contributed by atoms with Gasteiger partial charge in [-0.2, -0.15) is 0 Å². The van der Waals surface area contributed by atoms with Gasteiger partial charge in [-0.1, -0.05) is 0 Å². The van der Waals surface area contributed by atoms with E-state index in [0.29, 0.717) is 0 Å². The molecular formula is C22H20F5P. The number of alkyl halides is 5. The number of halogens is 5. The van der Waals surface area contributed by atoms with E-state index in [2.05, 4.69) is 0 Å². The molecule has 0 nitrogen and oxygen atoms in total. The first kappa shape index (κ1) is 20.5.